The van der Waals surface area contributed by atoms with Crippen LogP contribution in [0, 0.1) is 19.6 Å². The predicted molar refractivity (Wildman–Crippen MR) is 79.7 cm³/mol. The Labute approximate surface area is 118 Å². The lowest BCUT2D eigenvalue weighted by Crippen LogP contribution is -2.14. The summed E-state index contributed by atoms with van der Waals surface area (Å²) in [4.78, 5) is 10.6. The summed E-state index contributed by atoms with van der Waals surface area (Å²) in [6, 6.07) is 5.29. The zero-order valence-corrected chi connectivity index (χ0v) is 12.2. The van der Waals surface area contributed by atoms with E-state index >= 15 is 0 Å². The van der Waals surface area contributed by atoms with E-state index in [0.29, 0.717) is 11.6 Å². The molecule has 0 spiro atoms. The van der Waals surface area contributed by atoms with Crippen molar-refractivity contribution in [2.45, 2.75) is 6.42 Å². The molecule has 2 rings (SSSR count). The van der Waals surface area contributed by atoms with Crippen molar-refractivity contribution in [2.75, 3.05) is 23.4 Å². The van der Waals surface area contributed by atoms with E-state index in [4.69, 9.17) is 0 Å². The first-order valence-corrected chi connectivity index (χ1v) is 7.65. The van der Waals surface area contributed by atoms with Crippen molar-refractivity contribution in [1.29, 1.82) is 0 Å². The maximum absolute atomic E-state index is 10.9. The third kappa shape index (κ3) is 3.48. The zero-order valence-electron chi connectivity index (χ0n) is 9.19. The van der Waals surface area contributed by atoms with E-state index in [1.165, 1.54) is 12.2 Å². The van der Waals surface area contributed by atoms with Gasteiger partial charge in [-0.3, -0.25) is 10.1 Å². The van der Waals surface area contributed by atoms with Gasteiger partial charge in [-0.15, -0.1) is 0 Å². The molecule has 17 heavy (non-hydrogen) atoms. The van der Waals surface area contributed by atoms with E-state index in [0.717, 1.165) is 15.9 Å². The fraction of sp³-hybridized carbons (Fsp3) is 0.455. The summed E-state index contributed by atoms with van der Waals surface area (Å²) >= 11 is 4.04. The number of nitrogens with one attached hydrogen (secondary N) is 1. The molecule has 1 aliphatic heterocycles. The molecule has 0 saturated carbocycles. The van der Waals surface area contributed by atoms with Gasteiger partial charge in [-0.2, -0.15) is 11.8 Å². The molecule has 1 heterocycles. The van der Waals surface area contributed by atoms with Crippen LogP contribution in [0.4, 0.5) is 11.4 Å². The number of nitro benzene ring substituents is 1. The van der Waals surface area contributed by atoms with E-state index in [1.54, 1.807) is 12.1 Å². The molecule has 6 heteroatoms. The summed E-state index contributed by atoms with van der Waals surface area (Å²) in [6.45, 7) is 0.828. The highest BCUT2D eigenvalue weighted by molar-refractivity contribution is 14.1. The molecule has 1 N–H and O–H groups in total. The smallest absolute Gasteiger partial charge is 0.293 e. The van der Waals surface area contributed by atoms with Gasteiger partial charge in [0.05, 0.1) is 4.92 Å². The molecule has 1 aliphatic rings. The number of anilines is 1. The molecule has 1 atom stereocenters. The molecule has 0 amide bonds. The first-order valence-electron chi connectivity index (χ1n) is 5.42. The SMILES string of the molecule is O=[N+]([O-])c1cc(I)ccc1NCC1CCSC1. The van der Waals surface area contributed by atoms with Crippen LogP contribution >= 0.6 is 34.4 Å². The van der Waals surface area contributed by atoms with Gasteiger partial charge in [0.25, 0.3) is 5.69 Å². The molecule has 0 aliphatic carbocycles. The minimum atomic E-state index is -0.326. The van der Waals surface area contributed by atoms with Gasteiger partial charge >= 0.3 is 0 Å². The van der Waals surface area contributed by atoms with Crippen LogP contribution in [-0.2, 0) is 0 Å². The highest BCUT2D eigenvalue weighted by atomic mass is 127. The van der Waals surface area contributed by atoms with Gasteiger partial charge in [-0.25, -0.2) is 0 Å². The fourth-order valence-corrected chi connectivity index (χ4v) is 3.56. The Balaban J connectivity index is 2.06. The standard InChI is InChI=1S/C11H13IN2O2S/c12-9-1-2-10(11(5-9)14(15)16)13-6-8-3-4-17-7-8/h1-2,5,8,13H,3-4,6-7H2. The lowest BCUT2D eigenvalue weighted by Gasteiger charge is -2.11. The summed E-state index contributed by atoms with van der Waals surface area (Å²) in [5, 5.41) is 14.1. The number of halogens is 1. The normalized spacial score (nSPS) is 19.2. The van der Waals surface area contributed by atoms with Crippen LogP contribution in [0.5, 0.6) is 0 Å². The largest absolute Gasteiger partial charge is 0.379 e. The monoisotopic (exact) mass is 364 g/mol. The van der Waals surface area contributed by atoms with E-state index < -0.39 is 0 Å². The zero-order chi connectivity index (χ0) is 12.3. The Bertz CT molecular complexity index is 422. The summed E-state index contributed by atoms with van der Waals surface area (Å²) in [7, 11) is 0. The minimum Gasteiger partial charge on any atom is -0.379 e. The molecule has 1 unspecified atom stereocenters. The first-order chi connectivity index (χ1) is 8.16. The first kappa shape index (κ1) is 12.9. The van der Waals surface area contributed by atoms with E-state index in [-0.39, 0.29) is 10.6 Å². The maximum Gasteiger partial charge on any atom is 0.293 e. The number of nitro groups is 1. The Hall–Kier alpha value is -0.500. The lowest BCUT2D eigenvalue weighted by molar-refractivity contribution is -0.384. The predicted octanol–water partition coefficient (Wildman–Crippen LogP) is 3.36. The van der Waals surface area contributed by atoms with Crippen LogP contribution < -0.4 is 5.32 Å². The van der Waals surface area contributed by atoms with Crippen LogP contribution in [0.2, 0.25) is 0 Å². The number of hydrogen-bond donors (Lipinski definition) is 1. The summed E-state index contributed by atoms with van der Waals surface area (Å²) in [6.07, 6.45) is 1.20. The van der Waals surface area contributed by atoms with E-state index in [1.807, 2.05) is 17.8 Å². The van der Waals surface area contributed by atoms with Crippen molar-refractivity contribution >= 4 is 45.7 Å². The Morgan fingerprint density at radius 2 is 2.41 bits per heavy atom. The molecule has 1 aromatic rings. The van der Waals surface area contributed by atoms with Crippen molar-refractivity contribution in [2.24, 2.45) is 5.92 Å². The average molecular weight is 364 g/mol. The topological polar surface area (TPSA) is 55.2 Å². The van der Waals surface area contributed by atoms with Crippen molar-refractivity contribution in [3.05, 3.63) is 31.9 Å². The molecule has 4 nitrogen and oxygen atoms in total. The van der Waals surface area contributed by atoms with Gasteiger partial charge in [0.2, 0.25) is 0 Å². The van der Waals surface area contributed by atoms with Gasteiger partial charge in [0.15, 0.2) is 0 Å². The number of nitrogens with zero attached hydrogens (tertiary/aromatic N) is 1. The van der Waals surface area contributed by atoms with Gasteiger partial charge in [-0.05, 0) is 58.6 Å². The third-order valence-corrected chi connectivity index (χ3v) is 4.66. The van der Waals surface area contributed by atoms with Crippen LogP contribution in [0.15, 0.2) is 18.2 Å². The molecule has 0 bridgehead atoms. The Morgan fingerprint density at radius 3 is 3.06 bits per heavy atom. The van der Waals surface area contributed by atoms with Crippen molar-refractivity contribution in [3.63, 3.8) is 0 Å². The molecule has 0 aromatic heterocycles. The quantitative estimate of drug-likeness (QED) is 0.506. The summed E-state index contributed by atoms with van der Waals surface area (Å²) in [5.74, 6) is 3.01. The maximum atomic E-state index is 10.9. The van der Waals surface area contributed by atoms with Crippen LogP contribution in [0.3, 0.4) is 0 Å². The average Bonchev–Trinajstić information content (AvgIpc) is 2.80. The second-order valence-corrected chi connectivity index (χ2v) is 6.42. The van der Waals surface area contributed by atoms with E-state index in [9.17, 15) is 10.1 Å². The second-order valence-electron chi connectivity index (χ2n) is 4.03. The van der Waals surface area contributed by atoms with Gasteiger partial charge in [0, 0.05) is 16.2 Å². The number of benzene rings is 1. The van der Waals surface area contributed by atoms with Crippen LogP contribution in [0.25, 0.3) is 0 Å². The van der Waals surface area contributed by atoms with Crippen molar-refractivity contribution in [1.82, 2.24) is 0 Å². The molecule has 1 saturated heterocycles. The van der Waals surface area contributed by atoms with Gasteiger partial charge < -0.3 is 5.32 Å². The molecule has 0 radical (unpaired) electrons. The summed E-state index contributed by atoms with van der Waals surface area (Å²) < 4.78 is 0.885. The molecule has 1 aromatic carbocycles. The summed E-state index contributed by atoms with van der Waals surface area (Å²) in [5.41, 5.74) is 0.801. The number of rotatable bonds is 4. The van der Waals surface area contributed by atoms with Crippen molar-refractivity contribution in [3.8, 4) is 0 Å². The minimum absolute atomic E-state index is 0.169. The van der Waals surface area contributed by atoms with Gasteiger partial charge in [0.1, 0.15) is 5.69 Å². The van der Waals surface area contributed by atoms with Crippen molar-refractivity contribution < 1.29 is 4.92 Å². The van der Waals surface area contributed by atoms with Crippen LogP contribution in [0.1, 0.15) is 6.42 Å². The Morgan fingerprint density at radius 1 is 1.59 bits per heavy atom. The number of thioether (sulfide) groups is 1. The number of hydrogen-bond acceptors (Lipinski definition) is 4. The third-order valence-electron chi connectivity index (χ3n) is 2.76. The lowest BCUT2D eigenvalue weighted by atomic mass is 10.1. The second kappa shape index (κ2) is 5.90. The van der Waals surface area contributed by atoms with Gasteiger partial charge in [-0.1, -0.05) is 0 Å². The molecule has 92 valence electrons. The fourth-order valence-electron chi connectivity index (χ4n) is 1.80. The van der Waals surface area contributed by atoms with Crippen LogP contribution in [-0.4, -0.2) is 23.0 Å². The van der Waals surface area contributed by atoms with E-state index in [2.05, 4.69) is 27.9 Å². The molecule has 1 fully saturated rings. The highest BCUT2D eigenvalue weighted by Crippen LogP contribution is 2.28. The highest BCUT2D eigenvalue weighted by Gasteiger charge is 2.18. The molecular weight excluding hydrogens is 351 g/mol. The Kier molecular flexibility index (Phi) is 4.49. The molecular formula is C11H13IN2O2S.